The number of carbonyl (C=O) groups excluding carboxylic acids is 2. The van der Waals surface area contributed by atoms with E-state index in [4.69, 9.17) is 0 Å². The molecule has 3 amide bonds. The zero-order chi connectivity index (χ0) is 20.3. The molecule has 154 valence electrons. The van der Waals surface area contributed by atoms with Crippen molar-refractivity contribution in [1.82, 2.24) is 15.1 Å². The second-order valence-corrected chi connectivity index (χ2v) is 9.33. The monoisotopic (exact) mass is 401 g/mol. The predicted octanol–water partition coefficient (Wildman–Crippen LogP) is 3.58. The lowest BCUT2D eigenvalue weighted by molar-refractivity contribution is -0.133. The largest absolute Gasteiger partial charge is 0.326 e. The molecule has 2 aromatic rings. The number of urea groups is 1. The van der Waals surface area contributed by atoms with Gasteiger partial charge in [0.05, 0.1) is 6.67 Å². The summed E-state index contributed by atoms with van der Waals surface area (Å²) in [5, 5.41) is 3.10. The third-order valence-electron chi connectivity index (χ3n) is 7.50. The van der Waals surface area contributed by atoms with Gasteiger partial charge in [0.2, 0.25) is 0 Å². The van der Waals surface area contributed by atoms with Gasteiger partial charge in [0.25, 0.3) is 5.91 Å². The number of rotatable bonds is 4. The van der Waals surface area contributed by atoms with Crippen LogP contribution < -0.4 is 5.32 Å². The minimum absolute atomic E-state index is 0.0427. The Balaban J connectivity index is 1.26. The topological polar surface area (TPSA) is 52.7 Å². The summed E-state index contributed by atoms with van der Waals surface area (Å²) in [4.78, 5) is 30.4. The zero-order valence-corrected chi connectivity index (χ0v) is 17.1. The van der Waals surface area contributed by atoms with E-state index in [2.05, 4.69) is 46.6 Å². The van der Waals surface area contributed by atoms with Crippen molar-refractivity contribution in [2.24, 2.45) is 0 Å². The Kier molecular flexibility index (Phi) is 4.03. The third kappa shape index (κ3) is 2.79. The Labute approximate surface area is 177 Å². The summed E-state index contributed by atoms with van der Waals surface area (Å²) in [6, 6.07) is 17.5. The Hall–Kier alpha value is -2.66. The molecule has 2 unspecified atom stereocenters. The van der Waals surface area contributed by atoms with E-state index in [1.807, 2.05) is 12.1 Å². The fraction of sp³-hybridized carbons (Fsp3) is 0.440. The van der Waals surface area contributed by atoms with Gasteiger partial charge < -0.3 is 5.32 Å². The maximum absolute atomic E-state index is 13.6. The van der Waals surface area contributed by atoms with Gasteiger partial charge in [-0.25, -0.2) is 9.69 Å². The molecule has 1 aliphatic heterocycles. The number of hydrogen-bond donors (Lipinski definition) is 1. The minimum Gasteiger partial charge on any atom is -0.323 e. The Morgan fingerprint density at radius 2 is 1.67 bits per heavy atom. The van der Waals surface area contributed by atoms with Crippen LogP contribution >= 0.6 is 0 Å². The SMILES string of the molecule is O=C1NC2(CCc3ccccc3C2)C(=O)N1CN(C1CC1)C1CCc2ccccc21. The van der Waals surface area contributed by atoms with Crippen molar-refractivity contribution in [3.8, 4) is 0 Å². The van der Waals surface area contributed by atoms with E-state index in [1.54, 1.807) is 0 Å². The number of benzene rings is 2. The van der Waals surface area contributed by atoms with E-state index in [0.717, 1.165) is 32.1 Å². The molecule has 0 bridgehead atoms. The molecular weight excluding hydrogens is 374 g/mol. The van der Waals surface area contributed by atoms with Crippen molar-refractivity contribution in [1.29, 1.82) is 0 Å². The molecule has 1 saturated heterocycles. The molecular formula is C25H27N3O2. The molecule has 0 radical (unpaired) electrons. The number of hydrogen-bond acceptors (Lipinski definition) is 3. The quantitative estimate of drug-likeness (QED) is 0.797. The van der Waals surface area contributed by atoms with Crippen LogP contribution in [0.3, 0.4) is 0 Å². The molecule has 4 aliphatic rings. The van der Waals surface area contributed by atoms with Gasteiger partial charge in [0, 0.05) is 18.5 Å². The van der Waals surface area contributed by atoms with Gasteiger partial charge in [-0.3, -0.25) is 9.69 Å². The summed E-state index contributed by atoms with van der Waals surface area (Å²) in [5.74, 6) is -0.0427. The van der Waals surface area contributed by atoms with Crippen LogP contribution in [0.25, 0.3) is 0 Å². The Bertz CT molecular complexity index is 1030. The summed E-state index contributed by atoms with van der Waals surface area (Å²) in [6.45, 7) is 0.401. The molecule has 3 aliphatic carbocycles. The van der Waals surface area contributed by atoms with Gasteiger partial charge in [-0.1, -0.05) is 48.5 Å². The van der Waals surface area contributed by atoms with Crippen molar-refractivity contribution in [3.63, 3.8) is 0 Å². The fourth-order valence-electron chi connectivity index (χ4n) is 5.75. The molecule has 0 aromatic heterocycles. The van der Waals surface area contributed by atoms with Crippen LogP contribution in [0.4, 0.5) is 4.79 Å². The van der Waals surface area contributed by atoms with Crippen LogP contribution in [0.1, 0.15) is 54.0 Å². The van der Waals surface area contributed by atoms with Crippen LogP contribution in [-0.4, -0.2) is 40.0 Å². The molecule has 1 spiro atoms. The first kappa shape index (κ1) is 18.1. The van der Waals surface area contributed by atoms with Gasteiger partial charge in [-0.2, -0.15) is 0 Å². The smallest absolute Gasteiger partial charge is 0.323 e. The lowest BCUT2D eigenvalue weighted by Crippen LogP contribution is -2.52. The van der Waals surface area contributed by atoms with E-state index < -0.39 is 5.54 Å². The van der Waals surface area contributed by atoms with E-state index in [-0.39, 0.29) is 11.9 Å². The number of amides is 3. The average Bonchev–Trinajstić information content (AvgIpc) is 3.48. The highest BCUT2D eigenvalue weighted by molar-refractivity contribution is 6.07. The van der Waals surface area contributed by atoms with Crippen LogP contribution in [0, 0.1) is 0 Å². The van der Waals surface area contributed by atoms with Crippen molar-refractivity contribution in [2.45, 2.75) is 62.6 Å². The molecule has 5 heteroatoms. The molecule has 5 nitrogen and oxygen atoms in total. The van der Waals surface area contributed by atoms with Crippen molar-refractivity contribution in [3.05, 3.63) is 70.8 Å². The van der Waals surface area contributed by atoms with Gasteiger partial charge in [0.15, 0.2) is 0 Å². The van der Waals surface area contributed by atoms with Gasteiger partial charge in [-0.15, -0.1) is 0 Å². The number of nitrogens with one attached hydrogen (secondary N) is 1. The second kappa shape index (κ2) is 6.67. The Morgan fingerprint density at radius 3 is 2.47 bits per heavy atom. The maximum Gasteiger partial charge on any atom is 0.326 e. The average molecular weight is 402 g/mol. The van der Waals surface area contributed by atoms with Crippen LogP contribution in [0.5, 0.6) is 0 Å². The highest BCUT2D eigenvalue weighted by Gasteiger charge is 2.53. The molecule has 6 rings (SSSR count). The lowest BCUT2D eigenvalue weighted by atomic mass is 9.78. The van der Waals surface area contributed by atoms with Crippen molar-refractivity contribution >= 4 is 11.9 Å². The summed E-state index contributed by atoms with van der Waals surface area (Å²) < 4.78 is 0. The normalized spacial score (nSPS) is 27.5. The van der Waals surface area contributed by atoms with E-state index in [0.29, 0.717) is 31.6 Å². The molecule has 2 aromatic carbocycles. The molecule has 1 N–H and O–H groups in total. The number of aryl methyl sites for hydroxylation is 2. The fourth-order valence-corrected chi connectivity index (χ4v) is 5.75. The standard InChI is InChI=1S/C25H27N3O2/c29-23-25(14-13-17-5-1-2-7-19(17)15-25)26-24(30)28(23)16-27(20-10-11-20)22-12-9-18-6-3-4-8-21(18)22/h1-8,20,22H,9-16H2,(H,26,30). The van der Waals surface area contributed by atoms with Gasteiger partial charge in [-0.05, 0) is 60.8 Å². The van der Waals surface area contributed by atoms with E-state index >= 15 is 0 Å². The third-order valence-corrected chi connectivity index (χ3v) is 7.50. The molecule has 30 heavy (non-hydrogen) atoms. The van der Waals surface area contributed by atoms with Gasteiger partial charge >= 0.3 is 6.03 Å². The highest BCUT2D eigenvalue weighted by Crippen LogP contribution is 2.42. The van der Waals surface area contributed by atoms with E-state index in [1.165, 1.54) is 27.2 Å². The van der Waals surface area contributed by atoms with E-state index in [9.17, 15) is 9.59 Å². The summed E-state index contributed by atoms with van der Waals surface area (Å²) in [7, 11) is 0. The van der Waals surface area contributed by atoms with Crippen molar-refractivity contribution in [2.75, 3.05) is 6.67 Å². The van der Waals surface area contributed by atoms with Gasteiger partial charge in [0.1, 0.15) is 5.54 Å². The number of imide groups is 1. The number of nitrogens with zero attached hydrogens (tertiary/aromatic N) is 2. The summed E-state index contributed by atoms with van der Waals surface area (Å²) >= 11 is 0. The first-order chi connectivity index (χ1) is 14.6. The summed E-state index contributed by atoms with van der Waals surface area (Å²) in [6.07, 6.45) is 6.56. The molecule has 2 fully saturated rings. The number of fused-ring (bicyclic) bond motifs is 2. The molecule has 2 atom stereocenters. The van der Waals surface area contributed by atoms with Crippen molar-refractivity contribution < 1.29 is 9.59 Å². The predicted molar refractivity (Wildman–Crippen MR) is 114 cm³/mol. The number of carbonyl (C=O) groups is 2. The minimum atomic E-state index is -0.770. The summed E-state index contributed by atoms with van der Waals surface area (Å²) in [5.41, 5.74) is 4.49. The Morgan fingerprint density at radius 1 is 0.933 bits per heavy atom. The van der Waals surface area contributed by atoms with Crippen LogP contribution in [0.15, 0.2) is 48.5 Å². The van der Waals surface area contributed by atoms with Crippen LogP contribution in [0.2, 0.25) is 0 Å². The molecule has 1 heterocycles. The first-order valence-electron chi connectivity index (χ1n) is 11.2. The maximum atomic E-state index is 13.6. The highest BCUT2D eigenvalue weighted by atomic mass is 16.2. The molecule has 1 saturated carbocycles. The second-order valence-electron chi connectivity index (χ2n) is 9.33. The zero-order valence-electron chi connectivity index (χ0n) is 17.1. The van der Waals surface area contributed by atoms with Crippen LogP contribution in [-0.2, 0) is 24.1 Å². The first-order valence-corrected chi connectivity index (χ1v) is 11.2. The lowest BCUT2D eigenvalue weighted by Gasteiger charge is -2.34.